The van der Waals surface area contributed by atoms with Gasteiger partial charge in [-0.1, -0.05) is 220 Å². The molecule has 0 bridgehead atoms. The molecule has 0 heterocycles. The third-order valence-electron chi connectivity index (χ3n) is 10.5. The Bertz CT molecular complexity index is 796. The van der Waals surface area contributed by atoms with Gasteiger partial charge in [0.2, 0.25) is 0 Å². The van der Waals surface area contributed by atoms with Crippen molar-refractivity contribution in [3.8, 4) is 0 Å². The highest BCUT2D eigenvalue weighted by Crippen LogP contribution is 2.16. The van der Waals surface area contributed by atoms with Gasteiger partial charge in [0.1, 0.15) is 13.2 Å². The number of ether oxygens (including phenoxy) is 3. The highest BCUT2D eigenvalue weighted by atomic mass is 16.6. The van der Waals surface area contributed by atoms with Crippen molar-refractivity contribution in [2.24, 2.45) is 5.92 Å². The first-order valence-electron chi connectivity index (χ1n) is 23.4. The third kappa shape index (κ3) is 41.4. The number of unbranched alkanes of at least 4 members (excludes halogenated alkanes) is 29. The van der Waals surface area contributed by atoms with E-state index in [9.17, 15) is 14.4 Å². The standard InChI is InChI=1S/C47H90O6/c1-5-7-9-11-13-15-17-18-19-20-21-23-27-31-35-39-46(49)52-42-44(53-47(50)40-36-32-28-24-25-29-33-37-43(3)4)41-51-45(48)38-34-30-26-22-16-14-12-10-8-6-2/h43-44H,5-42H2,1-4H3/t44-/m1/s1. The molecular formula is C47H90O6. The van der Waals surface area contributed by atoms with Crippen LogP contribution >= 0.6 is 0 Å². The van der Waals surface area contributed by atoms with Gasteiger partial charge in [0, 0.05) is 19.3 Å². The molecule has 0 aromatic rings. The second kappa shape index (κ2) is 41.6. The topological polar surface area (TPSA) is 78.9 Å². The van der Waals surface area contributed by atoms with E-state index in [2.05, 4.69) is 27.7 Å². The normalized spacial score (nSPS) is 11.9. The second-order valence-electron chi connectivity index (χ2n) is 16.5. The Morgan fingerprint density at radius 1 is 0.358 bits per heavy atom. The Morgan fingerprint density at radius 2 is 0.623 bits per heavy atom. The minimum Gasteiger partial charge on any atom is -0.462 e. The monoisotopic (exact) mass is 751 g/mol. The third-order valence-corrected chi connectivity index (χ3v) is 10.5. The molecule has 0 aromatic heterocycles. The molecule has 0 amide bonds. The molecule has 0 saturated heterocycles. The first-order chi connectivity index (χ1) is 25.9. The lowest BCUT2D eigenvalue weighted by atomic mass is 10.0. The van der Waals surface area contributed by atoms with Crippen LogP contribution in [0.1, 0.15) is 259 Å². The van der Waals surface area contributed by atoms with Crippen LogP contribution in [0.25, 0.3) is 0 Å². The van der Waals surface area contributed by atoms with E-state index >= 15 is 0 Å². The number of carbonyl (C=O) groups excluding carboxylic acids is 3. The minimum absolute atomic E-state index is 0.0643. The zero-order chi connectivity index (χ0) is 38.9. The van der Waals surface area contributed by atoms with E-state index in [4.69, 9.17) is 14.2 Å². The molecule has 0 unspecified atom stereocenters. The molecule has 53 heavy (non-hydrogen) atoms. The zero-order valence-electron chi connectivity index (χ0n) is 36.0. The van der Waals surface area contributed by atoms with Gasteiger partial charge in [0.25, 0.3) is 0 Å². The molecule has 6 nitrogen and oxygen atoms in total. The highest BCUT2D eigenvalue weighted by molar-refractivity contribution is 5.71. The maximum atomic E-state index is 12.7. The number of rotatable bonds is 42. The quantitative estimate of drug-likeness (QED) is 0.0351. The van der Waals surface area contributed by atoms with Crippen molar-refractivity contribution in [3.05, 3.63) is 0 Å². The van der Waals surface area contributed by atoms with Crippen molar-refractivity contribution < 1.29 is 28.6 Å². The fraction of sp³-hybridized carbons (Fsp3) is 0.936. The van der Waals surface area contributed by atoms with E-state index in [-0.39, 0.29) is 31.1 Å². The molecule has 6 heteroatoms. The Morgan fingerprint density at radius 3 is 0.925 bits per heavy atom. The lowest BCUT2D eigenvalue weighted by Gasteiger charge is -2.18. The average Bonchev–Trinajstić information content (AvgIpc) is 3.14. The summed E-state index contributed by atoms with van der Waals surface area (Å²) < 4.78 is 16.7. The largest absolute Gasteiger partial charge is 0.462 e. The van der Waals surface area contributed by atoms with Gasteiger partial charge in [0.15, 0.2) is 6.10 Å². The number of esters is 3. The highest BCUT2D eigenvalue weighted by Gasteiger charge is 2.19. The van der Waals surface area contributed by atoms with Crippen molar-refractivity contribution in [3.63, 3.8) is 0 Å². The SMILES string of the molecule is CCCCCCCCCCCCCCCCCC(=O)OC[C@@H](COC(=O)CCCCCCCCCCCC)OC(=O)CCCCCCCCCC(C)C. The molecule has 0 rings (SSSR count). The summed E-state index contributed by atoms with van der Waals surface area (Å²) >= 11 is 0. The first kappa shape index (κ1) is 51.4. The van der Waals surface area contributed by atoms with Crippen LogP contribution in [0.2, 0.25) is 0 Å². The molecule has 0 aromatic carbocycles. The summed E-state index contributed by atoms with van der Waals surface area (Å²) in [6.45, 7) is 8.94. The Hall–Kier alpha value is -1.59. The van der Waals surface area contributed by atoms with E-state index in [1.165, 1.54) is 154 Å². The van der Waals surface area contributed by atoms with Crippen molar-refractivity contribution in [2.45, 2.75) is 265 Å². The molecule has 1 atom stereocenters. The van der Waals surface area contributed by atoms with Crippen molar-refractivity contribution in [1.82, 2.24) is 0 Å². The summed E-state index contributed by atoms with van der Waals surface area (Å²) in [5.74, 6) is -0.0784. The molecule has 0 spiro atoms. The average molecular weight is 751 g/mol. The van der Waals surface area contributed by atoms with E-state index in [1.807, 2.05) is 0 Å². The summed E-state index contributed by atoms with van der Waals surface area (Å²) in [7, 11) is 0. The van der Waals surface area contributed by atoms with Gasteiger partial charge in [-0.25, -0.2) is 0 Å². The predicted octanol–water partition coefficient (Wildman–Crippen LogP) is 14.7. The van der Waals surface area contributed by atoms with Crippen LogP contribution in [-0.2, 0) is 28.6 Å². The molecule has 0 aliphatic carbocycles. The number of hydrogen-bond acceptors (Lipinski definition) is 6. The van der Waals surface area contributed by atoms with Crippen molar-refractivity contribution in [2.75, 3.05) is 13.2 Å². The maximum absolute atomic E-state index is 12.7. The zero-order valence-corrected chi connectivity index (χ0v) is 36.0. The first-order valence-corrected chi connectivity index (χ1v) is 23.4. The van der Waals surface area contributed by atoms with Crippen LogP contribution in [0.3, 0.4) is 0 Å². The van der Waals surface area contributed by atoms with Crippen LogP contribution in [0.5, 0.6) is 0 Å². The minimum atomic E-state index is -0.759. The van der Waals surface area contributed by atoms with E-state index < -0.39 is 6.10 Å². The summed E-state index contributed by atoms with van der Waals surface area (Å²) in [6, 6.07) is 0. The van der Waals surface area contributed by atoms with Crippen LogP contribution in [0.4, 0.5) is 0 Å². The lowest BCUT2D eigenvalue weighted by molar-refractivity contribution is -0.167. The molecular weight excluding hydrogens is 661 g/mol. The summed E-state index contributed by atoms with van der Waals surface area (Å²) in [4.78, 5) is 37.7. The molecule has 0 N–H and O–H groups in total. The molecule has 0 aliphatic rings. The lowest BCUT2D eigenvalue weighted by Crippen LogP contribution is -2.30. The van der Waals surface area contributed by atoms with E-state index in [1.54, 1.807) is 0 Å². The summed E-state index contributed by atoms with van der Waals surface area (Å²) in [6.07, 6.45) is 40.9. The Kier molecular flexibility index (Phi) is 40.3. The molecule has 0 saturated carbocycles. The molecule has 0 aliphatic heterocycles. The summed E-state index contributed by atoms with van der Waals surface area (Å²) in [5.41, 5.74) is 0. The van der Waals surface area contributed by atoms with Crippen LogP contribution < -0.4 is 0 Å². The summed E-state index contributed by atoms with van der Waals surface area (Å²) in [5, 5.41) is 0. The van der Waals surface area contributed by atoms with E-state index in [0.29, 0.717) is 19.3 Å². The Labute approximate surface area is 329 Å². The van der Waals surface area contributed by atoms with Gasteiger partial charge in [-0.3, -0.25) is 14.4 Å². The fourth-order valence-corrected chi connectivity index (χ4v) is 6.98. The van der Waals surface area contributed by atoms with Gasteiger partial charge in [0.05, 0.1) is 0 Å². The maximum Gasteiger partial charge on any atom is 0.306 e. The molecule has 0 radical (unpaired) electrons. The van der Waals surface area contributed by atoms with Gasteiger partial charge in [-0.2, -0.15) is 0 Å². The fourth-order valence-electron chi connectivity index (χ4n) is 6.98. The second-order valence-corrected chi connectivity index (χ2v) is 16.5. The van der Waals surface area contributed by atoms with Crippen LogP contribution in [0, 0.1) is 5.92 Å². The van der Waals surface area contributed by atoms with Crippen molar-refractivity contribution >= 4 is 17.9 Å². The van der Waals surface area contributed by atoms with Gasteiger partial charge in [-0.05, 0) is 25.2 Å². The van der Waals surface area contributed by atoms with Crippen LogP contribution in [-0.4, -0.2) is 37.2 Å². The number of hydrogen-bond donors (Lipinski definition) is 0. The van der Waals surface area contributed by atoms with Crippen LogP contribution in [0.15, 0.2) is 0 Å². The van der Waals surface area contributed by atoms with Gasteiger partial charge >= 0.3 is 17.9 Å². The Balaban J connectivity index is 4.28. The van der Waals surface area contributed by atoms with Gasteiger partial charge in [-0.15, -0.1) is 0 Å². The van der Waals surface area contributed by atoms with Gasteiger partial charge < -0.3 is 14.2 Å². The molecule has 0 fully saturated rings. The molecule has 314 valence electrons. The predicted molar refractivity (Wildman–Crippen MR) is 224 cm³/mol. The van der Waals surface area contributed by atoms with Crippen molar-refractivity contribution in [1.29, 1.82) is 0 Å². The smallest absolute Gasteiger partial charge is 0.306 e. The number of carbonyl (C=O) groups is 3. The van der Waals surface area contributed by atoms with E-state index in [0.717, 1.165) is 63.7 Å².